The number of hydrogen-bond acceptors (Lipinski definition) is 3. The van der Waals surface area contributed by atoms with Gasteiger partial charge in [0.25, 0.3) is 0 Å². The molecule has 0 aliphatic carbocycles. The zero-order valence-corrected chi connectivity index (χ0v) is 11.6. The fraction of sp³-hybridized carbons (Fsp3) is 0.533. The molecule has 3 nitrogen and oxygen atoms in total. The number of nitrogens with one attached hydrogen (secondary N) is 1. The molecule has 18 heavy (non-hydrogen) atoms. The van der Waals surface area contributed by atoms with E-state index in [0.29, 0.717) is 0 Å². The first-order valence-corrected chi connectivity index (χ1v) is 6.51. The molecule has 0 saturated heterocycles. The van der Waals surface area contributed by atoms with E-state index in [0.717, 1.165) is 31.5 Å². The molecule has 1 rings (SSSR count). The fourth-order valence-electron chi connectivity index (χ4n) is 1.95. The molecular formula is C15H23N3. The second-order valence-corrected chi connectivity index (χ2v) is 4.86. The van der Waals surface area contributed by atoms with Crippen molar-refractivity contribution in [2.75, 3.05) is 27.2 Å². The van der Waals surface area contributed by atoms with Crippen molar-refractivity contribution in [3.05, 3.63) is 35.9 Å². The minimum absolute atomic E-state index is 0.568. The van der Waals surface area contributed by atoms with Crippen molar-refractivity contribution in [3.8, 4) is 6.07 Å². The summed E-state index contributed by atoms with van der Waals surface area (Å²) in [5, 5.41) is 13.1. The maximum atomic E-state index is 9.64. The molecule has 3 heteroatoms. The van der Waals surface area contributed by atoms with Crippen LogP contribution in [0.25, 0.3) is 0 Å². The number of rotatable bonds is 7. The molecule has 1 aromatic rings. The maximum Gasteiger partial charge on any atom is 0.133 e. The molecule has 0 amide bonds. The summed E-state index contributed by atoms with van der Waals surface area (Å²) in [7, 11) is 4.07. The Labute approximate surface area is 110 Å². The van der Waals surface area contributed by atoms with E-state index in [-0.39, 0.29) is 0 Å². The lowest BCUT2D eigenvalue weighted by Gasteiger charge is -2.29. The third-order valence-electron chi connectivity index (χ3n) is 3.07. The molecule has 1 N–H and O–H groups in total. The lowest BCUT2D eigenvalue weighted by molar-refractivity contribution is 0.317. The molecule has 98 valence electrons. The summed E-state index contributed by atoms with van der Waals surface area (Å²) in [6, 6.07) is 12.5. The molecule has 0 aliphatic rings. The van der Waals surface area contributed by atoms with E-state index in [1.165, 1.54) is 0 Å². The van der Waals surface area contributed by atoms with Gasteiger partial charge in [0.1, 0.15) is 5.54 Å². The highest BCUT2D eigenvalue weighted by molar-refractivity contribution is 5.31. The van der Waals surface area contributed by atoms with Gasteiger partial charge in [0.2, 0.25) is 0 Å². The molecule has 1 atom stereocenters. The first-order valence-electron chi connectivity index (χ1n) is 6.51. The summed E-state index contributed by atoms with van der Waals surface area (Å²) in [6.45, 7) is 3.86. The van der Waals surface area contributed by atoms with Crippen molar-refractivity contribution in [3.63, 3.8) is 0 Å². The lowest BCUT2D eigenvalue weighted by Crippen LogP contribution is -2.43. The average Bonchev–Trinajstić information content (AvgIpc) is 2.40. The topological polar surface area (TPSA) is 39.1 Å². The van der Waals surface area contributed by atoms with Gasteiger partial charge in [-0.25, -0.2) is 0 Å². The van der Waals surface area contributed by atoms with Crippen molar-refractivity contribution in [2.24, 2.45) is 0 Å². The minimum atomic E-state index is -0.568. The van der Waals surface area contributed by atoms with Gasteiger partial charge in [-0.2, -0.15) is 5.26 Å². The van der Waals surface area contributed by atoms with E-state index in [4.69, 9.17) is 0 Å². The van der Waals surface area contributed by atoms with Gasteiger partial charge in [-0.05, 0) is 39.0 Å². The molecule has 0 aliphatic heterocycles. The normalized spacial score (nSPS) is 14.2. The summed E-state index contributed by atoms with van der Waals surface area (Å²) >= 11 is 0. The Kier molecular flexibility index (Phi) is 5.84. The molecule has 0 aromatic heterocycles. The highest BCUT2D eigenvalue weighted by Gasteiger charge is 2.31. The van der Waals surface area contributed by atoms with E-state index in [9.17, 15) is 5.26 Å². The highest BCUT2D eigenvalue weighted by atomic mass is 15.1. The largest absolute Gasteiger partial charge is 0.309 e. The summed E-state index contributed by atoms with van der Waals surface area (Å²) in [6.07, 6.45) is 1.82. The van der Waals surface area contributed by atoms with Crippen molar-refractivity contribution in [2.45, 2.75) is 25.3 Å². The lowest BCUT2D eigenvalue weighted by atomic mass is 9.87. The van der Waals surface area contributed by atoms with Crippen molar-refractivity contribution >= 4 is 0 Å². The van der Waals surface area contributed by atoms with Crippen LogP contribution in [0.15, 0.2) is 30.3 Å². The second kappa shape index (κ2) is 7.15. The van der Waals surface area contributed by atoms with E-state index < -0.39 is 5.54 Å². The van der Waals surface area contributed by atoms with Gasteiger partial charge < -0.3 is 4.90 Å². The molecule has 0 bridgehead atoms. The van der Waals surface area contributed by atoms with Crippen molar-refractivity contribution < 1.29 is 0 Å². The van der Waals surface area contributed by atoms with Crippen LogP contribution >= 0.6 is 0 Å². The Morgan fingerprint density at radius 2 is 1.94 bits per heavy atom. The smallest absolute Gasteiger partial charge is 0.133 e. The second-order valence-electron chi connectivity index (χ2n) is 4.86. The summed E-state index contributed by atoms with van der Waals surface area (Å²) in [5.74, 6) is 0. The van der Waals surface area contributed by atoms with Crippen LogP contribution in [-0.2, 0) is 5.54 Å². The summed E-state index contributed by atoms with van der Waals surface area (Å²) in [5.41, 5.74) is 0.490. The van der Waals surface area contributed by atoms with Crippen LogP contribution in [0.1, 0.15) is 25.3 Å². The van der Waals surface area contributed by atoms with E-state index in [2.05, 4.69) is 23.2 Å². The van der Waals surface area contributed by atoms with E-state index >= 15 is 0 Å². The molecule has 0 saturated carbocycles. The van der Waals surface area contributed by atoms with Crippen molar-refractivity contribution in [1.82, 2.24) is 10.2 Å². The van der Waals surface area contributed by atoms with Crippen LogP contribution < -0.4 is 5.32 Å². The van der Waals surface area contributed by atoms with Gasteiger partial charge in [-0.15, -0.1) is 0 Å². The molecule has 0 radical (unpaired) electrons. The first-order chi connectivity index (χ1) is 8.64. The highest BCUT2D eigenvalue weighted by Crippen LogP contribution is 2.24. The zero-order valence-electron chi connectivity index (χ0n) is 11.6. The van der Waals surface area contributed by atoms with Crippen LogP contribution in [0.4, 0.5) is 0 Å². The van der Waals surface area contributed by atoms with Gasteiger partial charge in [-0.1, -0.05) is 37.3 Å². The predicted octanol–water partition coefficient (Wildman–Crippen LogP) is 2.36. The SMILES string of the molecule is CCCNC(C#N)(CCN(C)C)c1ccccc1. The van der Waals surface area contributed by atoms with E-state index in [1.807, 2.05) is 44.4 Å². The average molecular weight is 245 g/mol. The summed E-state index contributed by atoms with van der Waals surface area (Å²) in [4.78, 5) is 2.11. The number of hydrogen-bond donors (Lipinski definition) is 1. The Morgan fingerprint density at radius 1 is 1.28 bits per heavy atom. The standard InChI is InChI=1S/C15H23N3/c1-4-11-17-15(13-16,10-12-18(2)3)14-8-6-5-7-9-14/h5-9,17H,4,10-12H2,1-3H3. The molecule has 1 aromatic carbocycles. The molecule has 0 heterocycles. The first kappa shape index (κ1) is 14.7. The molecule has 1 unspecified atom stereocenters. The Bertz CT molecular complexity index is 380. The minimum Gasteiger partial charge on any atom is -0.309 e. The van der Waals surface area contributed by atoms with E-state index in [1.54, 1.807) is 0 Å². The molecule has 0 spiro atoms. The zero-order chi connectivity index (χ0) is 13.4. The Morgan fingerprint density at radius 3 is 2.44 bits per heavy atom. The predicted molar refractivity (Wildman–Crippen MR) is 75.2 cm³/mol. The third kappa shape index (κ3) is 3.83. The quantitative estimate of drug-likeness (QED) is 0.801. The Hall–Kier alpha value is -1.37. The van der Waals surface area contributed by atoms with Crippen LogP contribution in [0.2, 0.25) is 0 Å². The molecular weight excluding hydrogens is 222 g/mol. The van der Waals surface area contributed by atoms with Crippen LogP contribution in [0.5, 0.6) is 0 Å². The Balaban J connectivity index is 2.95. The molecule has 0 fully saturated rings. The van der Waals surface area contributed by atoms with Crippen LogP contribution in [0.3, 0.4) is 0 Å². The van der Waals surface area contributed by atoms with Gasteiger partial charge in [-0.3, -0.25) is 5.32 Å². The summed E-state index contributed by atoms with van der Waals surface area (Å²) < 4.78 is 0. The third-order valence-corrected chi connectivity index (χ3v) is 3.07. The monoisotopic (exact) mass is 245 g/mol. The number of nitriles is 1. The fourth-order valence-corrected chi connectivity index (χ4v) is 1.95. The van der Waals surface area contributed by atoms with Crippen LogP contribution in [-0.4, -0.2) is 32.1 Å². The van der Waals surface area contributed by atoms with Gasteiger partial charge in [0, 0.05) is 6.54 Å². The maximum absolute atomic E-state index is 9.64. The van der Waals surface area contributed by atoms with Gasteiger partial charge >= 0.3 is 0 Å². The number of benzene rings is 1. The van der Waals surface area contributed by atoms with Gasteiger partial charge in [0.05, 0.1) is 6.07 Å². The number of nitrogens with zero attached hydrogens (tertiary/aromatic N) is 2. The van der Waals surface area contributed by atoms with Gasteiger partial charge in [0.15, 0.2) is 0 Å². The van der Waals surface area contributed by atoms with Crippen LogP contribution in [0, 0.1) is 11.3 Å². The van der Waals surface area contributed by atoms with Crippen molar-refractivity contribution in [1.29, 1.82) is 5.26 Å².